The second-order valence-electron chi connectivity index (χ2n) is 9.09. The number of nitrogens with zero attached hydrogens (tertiary/aromatic N) is 3. The van der Waals surface area contributed by atoms with Gasteiger partial charge in [-0.1, -0.05) is 18.9 Å². The molecule has 3 aromatic rings. The summed E-state index contributed by atoms with van der Waals surface area (Å²) in [6.45, 7) is 0. The molecule has 2 N–H and O–H groups in total. The molecule has 3 heterocycles. The van der Waals surface area contributed by atoms with Gasteiger partial charge in [0.25, 0.3) is 0 Å². The van der Waals surface area contributed by atoms with Crippen LogP contribution in [0.1, 0.15) is 55.1 Å². The minimum Gasteiger partial charge on any atom is -0.494 e. The zero-order chi connectivity index (χ0) is 24.6. The molecule has 0 unspecified atom stereocenters. The van der Waals surface area contributed by atoms with Crippen LogP contribution in [0, 0.1) is 0 Å². The number of aromatic nitrogens is 2. The van der Waals surface area contributed by atoms with Gasteiger partial charge in [-0.05, 0) is 61.0 Å². The number of rotatable bonds is 7. The Morgan fingerprint density at radius 1 is 1.17 bits per heavy atom. The monoisotopic (exact) mass is 511 g/mol. The van der Waals surface area contributed by atoms with E-state index in [1.54, 1.807) is 12.3 Å². The largest absolute Gasteiger partial charge is 0.494 e. The van der Waals surface area contributed by atoms with Gasteiger partial charge in [-0.15, -0.1) is 0 Å². The molecular formula is C25H29N5O3S2. The van der Waals surface area contributed by atoms with E-state index in [2.05, 4.69) is 42.9 Å². The molecule has 10 heteroatoms. The van der Waals surface area contributed by atoms with Gasteiger partial charge >= 0.3 is 0 Å². The smallest absolute Gasteiger partial charge is 0.229 e. The standard InChI is InChI=1S/C25H29N5O3S2/c1-33-22-15-19(10-11-20(22)28-35(2,31)32)30-24(17-12-14-29(16-17)18-7-3-4-8-18)23(27-25(30)34)21-9-5-6-13-26-21/h5-6,9-16,18,23-24,28H,3-4,7-8H2,1-2H3,(H,27,34)/t23-,24+/m0/s1. The number of benzene rings is 1. The van der Waals surface area contributed by atoms with Gasteiger partial charge in [-0.3, -0.25) is 9.71 Å². The molecule has 1 aliphatic carbocycles. The van der Waals surface area contributed by atoms with Crippen LogP contribution < -0.4 is 19.7 Å². The van der Waals surface area contributed by atoms with Gasteiger partial charge in [0.05, 0.1) is 36.8 Å². The SMILES string of the molecule is COc1cc(N2C(=S)N[C@@H](c3ccccn3)[C@H]2c2ccn(C3CCCC3)c2)ccc1NS(C)(=O)=O. The Bertz CT molecular complexity index is 1320. The molecule has 2 aromatic heterocycles. The summed E-state index contributed by atoms with van der Waals surface area (Å²) in [5.41, 5.74) is 3.22. The van der Waals surface area contributed by atoms with Crippen LogP contribution in [0.25, 0.3) is 0 Å². The zero-order valence-corrected chi connectivity index (χ0v) is 21.3. The third-order valence-electron chi connectivity index (χ3n) is 6.68. The molecule has 2 fully saturated rings. The second-order valence-corrected chi connectivity index (χ2v) is 11.2. The van der Waals surface area contributed by atoms with E-state index < -0.39 is 10.0 Å². The first-order valence-corrected chi connectivity index (χ1v) is 14.0. The maximum atomic E-state index is 11.8. The van der Waals surface area contributed by atoms with Crippen molar-refractivity contribution in [3.05, 3.63) is 72.3 Å². The molecule has 0 amide bonds. The van der Waals surface area contributed by atoms with Gasteiger partial charge in [0, 0.05) is 36.4 Å². The molecule has 35 heavy (non-hydrogen) atoms. The van der Waals surface area contributed by atoms with E-state index in [1.165, 1.54) is 32.8 Å². The summed E-state index contributed by atoms with van der Waals surface area (Å²) >= 11 is 5.82. The van der Waals surface area contributed by atoms with Crippen LogP contribution in [0.4, 0.5) is 11.4 Å². The van der Waals surface area contributed by atoms with Crippen molar-refractivity contribution >= 4 is 38.7 Å². The number of nitrogens with one attached hydrogen (secondary N) is 2. The third-order valence-corrected chi connectivity index (χ3v) is 7.59. The topological polar surface area (TPSA) is 88.5 Å². The Hall–Kier alpha value is -3.11. The number of thiocarbonyl (C=S) groups is 1. The summed E-state index contributed by atoms with van der Waals surface area (Å²) in [4.78, 5) is 6.68. The van der Waals surface area contributed by atoms with Crippen LogP contribution in [0.2, 0.25) is 0 Å². The number of ether oxygens (including phenoxy) is 1. The summed E-state index contributed by atoms with van der Waals surface area (Å²) in [6.07, 6.45) is 12.2. The van der Waals surface area contributed by atoms with Crippen molar-refractivity contribution in [2.24, 2.45) is 0 Å². The molecule has 8 nitrogen and oxygen atoms in total. The maximum Gasteiger partial charge on any atom is 0.229 e. The Kier molecular flexibility index (Phi) is 6.41. The molecule has 5 rings (SSSR count). The number of methoxy groups -OCH3 is 1. The summed E-state index contributed by atoms with van der Waals surface area (Å²) in [6, 6.07) is 13.7. The fourth-order valence-corrected chi connectivity index (χ4v) is 6.03. The van der Waals surface area contributed by atoms with Gasteiger partial charge < -0.3 is 19.5 Å². The maximum absolute atomic E-state index is 11.8. The Balaban J connectivity index is 1.56. The van der Waals surface area contributed by atoms with Crippen molar-refractivity contribution in [1.29, 1.82) is 0 Å². The highest BCUT2D eigenvalue weighted by molar-refractivity contribution is 7.92. The van der Waals surface area contributed by atoms with E-state index in [0.717, 1.165) is 23.2 Å². The second kappa shape index (κ2) is 9.50. The van der Waals surface area contributed by atoms with E-state index in [-0.39, 0.29) is 12.1 Å². The molecule has 0 spiro atoms. The fraction of sp³-hybridized carbons (Fsp3) is 0.360. The number of pyridine rings is 1. The Labute approximate surface area is 211 Å². The van der Waals surface area contributed by atoms with Gasteiger partial charge in [0.2, 0.25) is 10.0 Å². The normalized spacial score (nSPS) is 20.7. The first-order valence-electron chi connectivity index (χ1n) is 11.7. The highest BCUT2D eigenvalue weighted by Crippen LogP contribution is 2.44. The molecule has 0 radical (unpaired) electrons. The van der Waals surface area contributed by atoms with E-state index in [9.17, 15) is 8.42 Å². The van der Waals surface area contributed by atoms with Gasteiger partial charge in [-0.25, -0.2) is 8.42 Å². The van der Waals surface area contributed by atoms with E-state index in [4.69, 9.17) is 17.0 Å². The van der Waals surface area contributed by atoms with Crippen LogP contribution in [-0.2, 0) is 10.0 Å². The number of sulfonamides is 1. The molecule has 0 bridgehead atoms. The van der Waals surface area contributed by atoms with Crippen LogP contribution in [0.15, 0.2) is 61.1 Å². The average molecular weight is 512 g/mol. The van der Waals surface area contributed by atoms with E-state index in [1.807, 2.05) is 30.3 Å². The lowest BCUT2D eigenvalue weighted by molar-refractivity contribution is 0.417. The van der Waals surface area contributed by atoms with Crippen molar-refractivity contribution in [2.75, 3.05) is 23.0 Å². The molecular weight excluding hydrogens is 482 g/mol. The Morgan fingerprint density at radius 3 is 2.66 bits per heavy atom. The number of anilines is 2. The van der Waals surface area contributed by atoms with Gasteiger partial charge in [0.15, 0.2) is 5.11 Å². The summed E-state index contributed by atoms with van der Waals surface area (Å²) in [5.74, 6) is 0.416. The van der Waals surface area contributed by atoms with Gasteiger partial charge in [0.1, 0.15) is 5.75 Å². The third kappa shape index (κ3) is 4.85. The van der Waals surface area contributed by atoms with Crippen LogP contribution in [-0.4, -0.2) is 36.4 Å². The highest BCUT2D eigenvalue weighted by atomic mass is 32.2. The average Bonchev–Trinajstić information content (AvgIpc) is 3.58. The number of hydrogen-bond donors (Lipinski definition) is 2. The molecule has 1 saturated heterocycles. The van der Waals surface area contributed by atoms with Crippen LogP contribution in [0.3, 0.4) is 0 Å². The molecule has 1 aliphatic heterocycles. The van der Waals surface area contributed by atoms with Crippen molar-refractivity contribution in [1.82, 2.24) is 14.9 Å². The van der Waals surface area contributed by atoms with Crippen LogP contribution >= 0.6 is 12.2 Å². The summed E-state index contributed by atoms with van der Waals surface area (Å²) < 4.78 is 33.9. The molecule has 1 saturated carbocycles. The lowest BCUT2D eigenvalue weighted by atomic mass is 9.98. The first-order chi connectivity index (χ1) is 16.8. The quantitative estimate of drug-likeness (QED) is 0.450. The minimum absolute atomic E-state index is 0.140. The molecule has 2 aliphatic rings. The van der Waals surface area contributed by atoms with Crippen LogP contribution in [0.5, 0.6) is 5.75 Å². The van der Waals surface area contributed by atoms with Gasteiger partial charge in [-0.2, -0.15) is 0 Å². The minimum atomic E-state index is -3.45. The molecule has 1 aromatic carbocycles. The molecule has 184 valence electrons. The lowest BCUT2D eigenvalue weighted by Gasteiger charge is -2.28. The zero-order valence-electron chi connectivity index (χ0n) is 19.7. The summed E-state index contributed by atoms with van der Waals surface area (Å²) in [7, 11) is -1.93. The molecule has 2 atom stereocenters. The summed E-state index contributed by atoms with van der Waals surface area (Å²) in [5, 5.41) is 4.04. The first kappa shape index (κ1) is 23.6. The fourth-order valence-electron chi connectivity index (χ4n) is 5.12. The van der Waals surface area contributed by atoms with Crippen molar-refractivity contribution < 1.29 is 13.2 Å². The van der Waals surface area contributed by atoms with E-state index in [0.29, 0.717) is 22.6 Å². The number of hydrogen-bond acceptors (Lipinski definition) is 5. The predicted molar refractivity (Wildman–Crippen MR) is 141 cm³/mol. The predicted octanol–water partition coefficient (Wildman–Crippen LogP) is 4.56. The van der Waals surface area contributed by atoms with Crippen molar-refractivity contribution in [2.45, 2.75) is 43.8 Å². The van der Waals surface area contributed by atoms with E-state index >= 15 is 0 Å². The highest BCUT2D eigenvalue weighted by Gasteiger charge is 2.41. The Morgan fingerprint density at radius 2 is 1.97 bits per heavy atom. The van der Waals surface area contributed by atoms with Crippen molar-refractivity contribution in [3.63, 3.8) is 0 Å². The van der Waals surface area contributed by atoms with Crippen molar-refractivity contribution in [3.8, 4) is 5.75 Å². The lowest BCUT2D eigenvalue weighted by Crippen LogP contribution is -2.29.